The minimum Gasteiger partial charge on any atom is -0.496 e. The summed E-state index contributed by atoms with van der Waals surface area (Å²) in [6.45, 7) is 0.828. The van der Waals surface area contributed by atoms with Crippen molar-refractivity contribution in [3.05, 3.63) is 52.6 Å². The number of benzene rings is 1. The van der Waals surface area contributed by atoms with Crippen LogP contribution in [-0.4, -0.2) is 18.6 Å². The third-order valence-electron chi connectivity index (χ3n) is 2.62. The Kier molecular flexibility index (Phi) is 4.59. The standard InChI is InChI=1S/C14H15BrN2O/c1-18-13-5-3-2-4-11(13)8-9-16-14-7-6-12(15)10-17-14/h2-7,10H,8-9H2,1H3,(H,16,17). The number of ether oxygens (including phenoxy) is 1. The van der Waals surface area contributed by atoms with E-state index in [2.05, 4.69) is 32.3 Å². The molecule has 0 unspecified atom stereocenters. The van der Waals surface area contributed by atoms with Gasteiger partial charge in [-0.3, -0.25) is 0 Å². The average Bonchev–Trinajstić information content (AvgIpc) is 2.41. The number of methoxy groups -OCH3 is 1. The van der Waals surface area contributed by atoms with Crippen molar-refractivity contribution in [2.24, 2.45) is 0 Å². The number of hydrogen-bond donors (Lipinski definition) is 1. The van der Waals surface area contributed by atoms with Gasteiger partial charge in [0.05, 0.1) is 7.11 Å². The van der Waals surface area contributed by atoms with Gasteiger partial charge in [0.25, 0.3) is 0 Å². The number of anilines is 1. The van der Waals surface area contributed by atoms with Crippen LogP contribution in [0.5, 0.6) is 5.75 Å². The second-order valence-electron chi connectivity index (χ2n) is 3.85. The molecule has 0 amide bonds. The molecule has 0 bridgehead atoms. The predicted octanol–water partition coefficient (Wildman–Crippen LogP) is 3.51. The van der Waals surface area contributed by atoms with Gasteiger partial charge in [-0.25, -0.2) is 4.98 Å². The molecule has 4 heteroatoms. The molecule has 0 saturated heterocycles. The summed E-state index contributed by atoms with van der Waals surface area (Å²) < 4.78 is 6.30. The highest BCUT2D eigenvalue weighted by Crippen LogP contribution is 2.18. The van der Waals surface area contributed by atoms with Crippen LogP contribution in [0.3, 0.4) is 0 Å². The van der Waals surface area contributed by atoms with Gasteiger partial charge in [-0.1, -0.05) is 18.2 Å². The molecule has 0 aliphatic carbocycles. The van der Waals surface area contributed by atoms with E-state index in [4.69, 9.17) is 4.74 Å². The van der Waals surface area contributed by atoms with Crippen molar-refractivity contribution in [2.45, 2.75) is 6.42 Å². The molecule has 0 radical (unpaired) electrons. The molecule has 1 N–H and O–H groups in total. The largest absolute Gasteiger partial charge is 0.496 e. The SMILES string of the molecule is COc1ccccc1CCNc1ccc(Br)cn1. The smallest absolute Gasteiger partial charge is 0.125 e. The lowest BCUT2D eigenvalue weighted by Crippen LogP contribution is -2.06. The Morgan fingerprint density at radius 1 is 1.22 bits per heavy atom. The van der Waals surface area contributed by atoms with E-state index < -0.39 is 0 Å². The summed E-state index contributed by atoms with van der Waals surface area (Å²) >= 11 is 3.36. The molecule has 3 nitrogen and oxygen atoms in total. The van der Waals surface area contributed by atoms with E-state index in [1.165, 1.54) is 5.56 Å². The van der Waals surface area contributed by atoms with E-state index in [9.17, 15) is 0 Å². The van der Waals surface area contributed by atoms with Crippen LogP contribution in [0.1, 0.15) is 5.56 Å². The summed E-state index contributed by atoms with van der Waals surface area (Å²) in [5.74, 6) is 1.82. The van der Waals surface area contributed by atoms with Crippen LogP contribution in [0.15, 0.2) is 47.1 Å². The lowest BCUT2D eigenvalue weighted by molar-refractivity contribution is 0.410. The summed E-state index contributed by atoms with van der Waals surface area (Å²) in [6, 6.07) is 12.0. The molecule has 1 heterocycles. The van der Waals surface area contributed by atoms with Gasteiger partial charge < -0.3 is 10.1 Å². The molecule has 0 aliphatic heterocycles. The maximum atomic E-state index is 5.31. The molecule has 1 aromatic heterocycles. The van der Waals surface area contributed by atoms with Crippen molar-refractivity contribution in [1.29, 1.82) is 0 Å². The molecule has 2 rings (SSSR count). The maximum Gasteiger partial charge on any atom is 0.125 e. The Labute approximate surface area is 115 Å². The summed E-state index contributed by atoms with van der Waals surface area (Å²) in [5, 5.41) is 3.28. The Hall–Kier alpha value is -1.55. The Morgan fingerprint density at radius 3 is 2.78 bits per heavy atom. The van der Waals surface area contributed by atoms with Gasteiger partial charge in [-0.15, -0.1) is 0 Å². The number of halogens is 1. The van der Waals surface area contributed by atoms with Gasteiger partial charge >= 0.3 is 0 Å². The lowest BCUT2D eigenvalue weighted by Gasteiger charge is -2.09. The van der Waals surface area contributed by atoms with E-state index >= 15 is 0 Å². The molecule has 0 aliphatic rings. The summed E-state index contributed by atoms with van der Waals surface area (Å²) in [6.07, 6.45) is 2.69. The van der Waals surface area contributed by atoms with Crippen molar-refractivity contribution in [2.75, 3.05) is 19.0 Å². The normalized spacial score (nSPS) is 10.1. The average molecular weight is 307 g/mol. The molecule has 0 fully saturated rings. The Balaban J connectivity index is 1.90. The lowest BCUT2D eigenvalue weighted by atomic mass is 10.1. The summed E-state index contributed by atoms with van der Waals surface area (Å²) in [5.41, 5.74) is 1.20. The Morgan fingerprint density at radius 2 is 2.06 bits per heavy atom. The quantitative estimate of drug-likeness (QED) is 0.918. The highest BCUT2D eigenvalue weighted by atomic mass is 79.9. The zero-order valence-electron chi connectivity index (χ0n) is 10.2. The molecular formula is C14H15BrN2O. The second-order valence-corrected chi connectivity index (χ2v) is 4.77. The van der Waals surface area contributed by atoms with Crippen molar-refractivity contribution < 1.29 is 4.74 Å². The minimum atomic E-state index is 0.828. The monoisotopic (exact) mass is 306 g/mol. The molecule has 1 aromatic carbocycles. The molecule has 94 valence electrons. The van der Waals surface area contributed by atoms with Crippen LogP contribution in [0.4, 0.5) is 5.82 Å². The molecule has 18 heavy (non-hydrogen) atoms. The van der Waals surface area contributed by atoms with Gasteiger partial charge in [0.15, 0.2) is 0 Å². The fourth-order valence-electron chi connectivity index (χ4n) is 1.72. The van der Waals surface area contributed by atoms with E-state index in [1.54, 1.807) is 13.3 Å². The fraction of sp³-hybridized carbons (Fsp3) is 0.214. The third kappa shape index (κ3) is 3.47. The molecular weight excluding hydrogens is 292 g/mol. The van der Waals surface area contributed by atoms with Crippen LogP contribution in [0.2, 0.25) is 0 Å². The summed E-state index contributed by atoms with van der Waals surface area (Å²) in [4.78, 5) is 4.26. The molecule has 0 atom stereocenters. The predicted molar refractivity (Wildman–Crippen MR) is 77.1 cm³/mol. The van der Waals surface area contributed by atoms with E-state index in [0.717, 1.165) is 29.0 Å². The zero-order valence-corrected chi connectivity index (χ0v) is 11.8. The van der Waals surface area contributed by atoms with Gasteiger partial charge in [0.2, 0.25) is 0 Å². The minimum absolute atomic E-state index is 0.828. The number of rotatable bonds is 5. The van der Waals surface area contributed by atoms with Gasteiger partial charge in [-0.05, 0) is 46.1 Å². The van der Waals surface area contributed by atoms with Crippen LogP contribution in [0, 0.1) is 0 Å². The van der Waals surface area contributed by atoms with Crippen molar-refractivity contribution >= 4 is 21.7 Å². The number of para-hydroxylation sites is 1. The van der Waals surface area contributed by atoms with Gasteiger partial charge in [0, 0.05) is 17.2 Å². The third-order valence-corrected chi connectivity index (χ3v) is 3.09. The number of nitrogens with zero attached hydrogens (tertiary/aromatic N) is 1. The molecule has 2 aromatic rings. The topological polar surface area (TPSA) is 34.1 Å². The van der Waals surface area contributed by atoms with E-state index in [0.29, 0.717) is 0 Å². The zero-order chi connectivity index (χ0) is 12.8. The molecule has 0 saturated carbocycles. The number of nitrogens with one attached hydrogen (secondary N) is 1. The molecule has 0 spiro atoms. The van der Waals surface area contributed by atoms with Crippen molar-refractivity contribution in [3.63, 3.8) is 0 Å². The first-order chi connectivity index (χ1) is 8.79. The summed E-state index contributed by atoms with van der Waals surface area (Å²) in [7, 11) is 1.70. The first kappa shape index (κ1) is 12.9. The second kappa shape index (κ2) is 6.40. The van der Waals surface area contributed by atoms with Crippen molar-refractivity contribution in [3.8, 4) is 5.75 Å². The highest BCUT2D eigenvalue weighted by Gasteiger charge is 2.01. The van der Waals surface area contributed by atoms with Crippen LogP contribution in [-0.2, 0) is 6.42 Å². The first-order valence-corrected chi connectivity index (χ1v) is 6.56. The van der Waals surface area contributed by atoms with Crippen LogP contribution >= 0.6 is 15.9 Å². The fourth-order valence-corrected chi connectivity index (χ4v) is 1.95. The first-order valence-electron chi connectivity index (χ1n) is 5.77. The van der Waals surface area contributed by atoms with Crippen LogP contribution < -0.4 is 10.1 Å². The van der Waals surface area contributed by atoms with E-state index in [-0.39, 0.29) is 0 Å². The van der Waals surface area contributed by atoms with Crippen LogP contribution in [0.25, 0.3) is 0 Å². The van der Waals surface area contributed by atoms with Gasteiger partial charge in [0.1, 0.15) is 11.6 Å². The van der Waals surface area contributed by atoms with Gasteiger partial charge in [-0.2, -0.15) is 0 Å². The number of pyridine rings is 1. The maximum absolute atomic E-state index is 5.31. The van der Waals surface area contributed by atoms with Crippen molar-refractivity contribution in [1.82, 2.24) is 4.98 Å². The van der Waals surface area contributed by atoms with E-state index in [1.807, 2.05) is 30.3 Å². The number of aromatic nitrogens is 1. The highest BCUT2D eigenvalue weighted by molar-refractivity contribution is 9.10. The number of hydrogen-bond acceptors (Lipinski definition) is 3. The Bertz CT molecular complexity index is 499.